The zero-order chi connectivity index (χ0) is 41.6. The molecule has 58 heavy (non-hydrogen) atoms. The number of benzene rings is 2. The molecule has 2 aromatic heterocycles. The first kappa shape index (κ1) is 42.2. The molecule has 0 amide bonds. The van der Waals surface area contributed by atoms with Gasteiger partial charge in [0.15, 0.2) is 16.4 Å². The van der Waals surface area contributed by atoms with Crippen molar-refractivity contribution in [3.8, 4) is 28.5 Å². The van der Waals surface area contributed by atoms with Crippen LogP contribution in [0.15, 0.2) is 95.9 Å². The van der Waals surface area contributed by atoms with E-state index in [1.54, 1.807) is 58.0 Å². The molecule has 4 aromatic rings. The third-order valence-electron chi connectivity index (χ3n) is 10.7. The summed E-state index contributed by atoms with van der Waals surface area (Å²) in [6.45, 7) is 3.68. The Morgan fingerprint density at radius 2 is 1.50 bits per heavy atom. The van der Waals surface area contributed by atoms with E-state index < -0.39 is 38.4 Å². The summed E-state index contributed by atoms with van der Waals surface area (Å²) in [6, 6.07) is 16.1. The molecular formula is C42H49N5O10S. The molecule has 1 aliphatic carbocycles. The van der Waals surface area contributed by atoms with Crippen molar-refractivity contribution in [1.82, 2.24) is 19.2 Å². The predicted molar refractivity (Wildman–Crippen MR) is 217 cm³/mol. The summed E-state index contributed by atoms with van der Waals surface area (Å²) in [4.78, 5) is 22.5. The first-order valence-electron chi connectivity index (χ1n) is 18.6. The van der Waals surface area contributed by atoms with Gasteiger partial charge < -0.3 is 28.4 Å². The van der Waals surface area contributed by atoms with Gasteiger partial charge in [0.05, 0.1) is 44.8 Å². The molecule has 16 heteroatoms. The molecule has 1 saturated heterocycles. The van der Waals surface area contributed by atoms with E-state index in [2.05, 4.69) is 14.9 Å². The van der Waals surface area contributed by atoms with Gasteiger partial charge in [0.2, 0.25) is 15.8 Å². The van der Waals surface area contributed by atoms with Crippen molar-refractivity contribution in [2.24, 2.45) is 0 Å². The number of allylic oxidation sites excluding steroid dienone is 2. The van der Waals surface area contributed by atoms with Crippen LogP contribution in [0.5, 0.6) is 17.2 Å². The van der Waals surface area contributed by atoms with Gasteiger partial charge in [-0.05, 0) is 85.5 Å². The van der Waals surface area contributed by atoms with Gasteiger partial charge in [-0.25, -0.2) is 8.42 Å². The summed E-state index contributed by atoms with van der Waals surface area (Å²) in [5, 5.41) is 12.1. The molecular weight excluding hydrogens is 767 g/mol. The summed E-state index contributed by atoms with van der Waals surface area (Å²) >= 11 is 0. The smallest absolute Gasteiger partial charge is 0.289 e. The molecule has 308 valence electrons. The van der Waals surface area contributed by atoms with Crippen LogP contribution < -0.4 is 14.2 Å². The minimum Gasteiger partial charge on any atom is -0.498 e. The van der Waals surface area contributed by atoms with Crippen LogP contribution in [0.25, 0.3) is 16.8 Å². The van der Waals surface area contributed by atoms with Gasteiger partial charge in [0.1, 0.15) is 17.5 Å². The van der Waals surface area contributed by atoms with Crippen LogP contribution in [0.3, 0.4) is 0 Å². The van der Waals surface area contributed by atoms with Crippen LogP contribution in [0.4, 0.5) is 5.69 Å². The molecule has 2 unspecified atom stereocenters. The molecule has 2 aromatic carbocycles. The van der Waals surface area contributed by atoms with Crippen molar-refractivity contribution >= 4 is 21.3 Å². The van der Waals surface area contributed by atoms with Gasteiger partial charge in [-0.3, -0.25) is 25.0 Å². The third kappa shape index (κ3) is 8.71. The van der Waals surface area contributed by atoms with Crippen LogP contribution in [0.2, 0.25) is 0 Å². The van der Waals surface area contributed by atoms with Gasteiger partial charge in [-0.15, -0.1) is 0 Å². The molecule has 1 fully saturated rings. The number of nitro benzene ring substituents is 1. The third-order valence-corrected chi connectivity index (χ3v) is 12.6. The second-order valence-electron chi connectivity index (χ2n) is 14.1. The van der Waals surface area contributed by atoms with E-state index in [0.29, 0.717) is 72.3 Å². The molecule has 0 radical (unpaired) electrons. The molecule has 1 aliphatic heterocycles. The Hall–Kier alpha value is -5.39. The molecule has 2 aliphatic rings. The van der Waals surface area contributed by atoms with E-state index in [1.807, 2.05) is 31.2 Å². The van der Waals surface area contributed by atoms with Crippen molar-refractivity contribution in [2.75, 3.05) is 55.7 Å². The summed E-state index contributed by atoms with van der Waals surface area (Å²) < 4.78 is 64.3. The maximum Gasteiger partial charge on any atom is 0.289 e. The molecule has 15 nitrogen and oxygen atoms in total. The fourth-order valence-electron chi connectivity index (χ4n) is 7.62. The molecule has 0 bridgehead atoms. The number of para-hydroxylation sites is 1. The van der Waals surface area contributed by atoms with Crippen molar-refractivity contribution in [3.63, 3.8) is 0 Å². The second kappa shape index (κ2) is 18.0. The number of methoxy groups -OCH3 is 6. The van der Waals surface area contributed by atoms with Gasteiger partial charge in [-0.1, -0.05) is 12.1 Å². The fraction of sp³-hybridized carbons (Fsp3) is 0.381. The van der Waals surface area contributed by atoms with E-state index in [0.717, 1.165) is 16.8 Å². The molecule has 0 saturated carbocycles. The largest absolute Gasteiger partial charge is 0.498 e. The maximum absolute atomic E-state index is 14.6. The Bertz CT molecular complexity index is 2270. The second-order valence-corrected chi connectivity index (χ2v) is 16.0. The lowest BCUT2D eigenvalue weighted by Crippen LogP contribution is -2.46. The highest BCUT2D eigenvalue weighted by atomic mass is 32.2. The van der Waals surface area contributed by atoms with Crippen molar-refractivity contribution in [2.45, 2.75) is 55.5 Å². The number of ether oxygens (including phenoxy) is 6. The lowest BCUT2D eigenvalue weighted by Gasteiger charge is -2.38. The number of rotatable bonds is 16. The Balaban J connectivity index is 1.26. The quantitative estimate of drug-likeness (QED) is 0.0918. The standard InChI is InChI=1S/C42H49N5O10S/c1-42(57-7)25-31(24-38(54-4)41(42)56-6)34-20-28(12-16-44-34)26-45-18-14-32(15-19-45)46(58(50,51)39-11-9-8-10-35(39)47(48)49)27-29-13-17-43-33(21-29)30-22-36(52-2)40(55-5)37(23-30)53-3/h8-13,16-17,20-25,32,41H,14-15,18-19,26-27H2,1-7H3. The summed E-state index contributed by atoms with van der Waals surface area (Å²) in [5.41, 5.74) is 3.25. The molecule has 2 atom stereocenters. The van der Waals surface area contributed by atoms with Crippen LogP contribution in [0, 0.1) is 10.1 Å². The van der Waals surface area contributed by atoms with Gasteiger partial charge in [-0.2, -0.15) is 4.31 Å². The average molecular weight is 816 g/mol. The number of pyridine rings is 2. The summed E-state index contributed by atoms with van der Waals surface area (Å²) in [5.74, 6) is 1.94. The van der Waals surface area contributed by atoms with E-state index in [1.165, 1.54) is 49.9 Å². The molecule has 3 heterocycles. The van der Waals surface area contributed by atoms with Crippen LogP contribution in [-0.2, 0) is 37.3 Å². The highest BCUT2D eigenvalue weighted by molar-refractivity contribution is 7.89. The normalized spacial score (nSPS) is 19.0. The predicted octanol–water partition coefficient (Wildman–Crippen LogP) is 6.28. The number of hydrogen-bond acceptors (Lipinski definition) is 13. The first-order chi connectivity index (χ1) is 27.9. The topological polar surface area (TPSA) is 165 Å². The number of sulfonamides is 1. The Labute approximate surface area is 339 Å². The fourth-order valence-corrected chi connectivity index (χ4v) is 9.46. The Kier molecular flexibility index (Phi) is 13.1. The molecule has 6 rings (SSSR count). The highest BCUT2D eigenvalue weighted by Gasteiger charge is 2.40. The van der Waals surface area contributed by atoms with Crippen molar-refractivity contribution < 1.29 is 41.8 Å². The number of likely N-dealkylation sites (tertiary alicyclic amines) is 1. The van der Waals surface area contributed by atoms with Gasteiger partial charge >= 0.3 is 0 Å². The average Bonchev–Trinajstić information content (AvgIpc) is 3.25. The Morgan fingerprint density at radius 3 is 2.10 bits per heavy atom. The number of piperidine rings is 1. The first-order valence-corrected chi connectivity index (χ1v) is 20.1. The van der Waals surface area contributed by atoms with Crippen LogP contribution in [0.1, 0.15) is 36.6 Å². The van der Waals surface area contributed by atoms with Crippen molar-refractivity contribution in [1.29, 1.82) is 0 Å². The van der Waals surface area contributed by atoms with Crippen molar-refractivity contribution in [3.05, 3.63) is 118 Å². The summed E-state index contributed by atoms with van der Waals surface area (Å²) in [7, 11) is 5.06. The Morgan fingerprint density at radius 1 is 0.862 bits per heavy atom. The number of nitrogens with zero attached hydrogens (tertiary/aromatic N) is 5. The van der Waals surface area contributed by atoms with Crippen LogP contribution >= 0.6 is 0 Å². The van der Waals surface area contributed by atoms with Gasteiger partial charge in [0, 0.05) is 76.0 Å². The zero-order valence-electron chi connectivity index (χ0n) is 33.7. The minimum absolute atomic E-state index is 0.0386. The lowest BCUT2D eigenvalue weighted by molar-refractivity contribution is -0.387. The lowest BCUT2D eigenvalue weighted by atomic mass is 9.87. The number of aromatic nitrogens is 2. The van der Waals surface area contributed by atoms with E-state index >= 15 is 0 Å². The monoisotopic (exact) mass is 815 g/mol. The SMILES string of the molecule is COC1=CC(c2cc(CN3CCC(N(Cc4ccnc(-c5cc(OC)c(OC)c(OC)c5)c4)S(=O)(=O)c4ccccc4[N+](=O)[O-])CC3)ccn2)=CC(C)(OC)C1OC. The van der Waals surface area contributed by atoms with E-state index in [4.69, 9.17) is 28.4 Å². The molecule has 0 spiro atoms. The summed E-state index contributed by atoms with van der Waals surface area (Å²) in [6.07, 6.45) is 7.85. The van der Waals surface area contributed by atoms with Gasteiger partial charge in [0.25, 0.3) is 5.69 Å². The van der Waals surface area contributed by atoms with E-state index in [9.17, 15) is 18.5 Å². The number of hydrogen-bond donors (Lipinski definition) is 0. The van der Waals surface area contributed by atoms with Crippen LogP contribution in [-0.4, -0.2) is 106 Å². The molecule has 0 N–H and O–H groups in total. The number of nitro groups is 1. The maximum atomic E-state index is 14.6. The highest BCUT2D eigenvalue weighted by Crippen LogP contribution is 2.41. The van der Waals surface area contributed by atoms with E-state index in [-0.39, 0.29) is 11.4 Å². The zero-order valence-corrected chi connectivity index (χ0v) is 34.5. The minimum atomic E-state index is -4.35.